The van der Waals surface area contributed by atoms with E-state index in [4.69, 9.17) is 4.74 Å². The Morgan fingerprint density at radius 2 is 1.65 bits per heavy atom. The summed E-state index contributed by atoms with van der Waals surface area (Å²) in [7, 11) is 1.89. The summed E-state index contributed by atoms with van der Waals surface area (Å²) in [4.78, 5) is 30.4. The Kier molecular flexibility index (Phi) is 7.52. The molecule has 5 heteroatoms. The van der Waals surface area contributed by atoms with E-state index in [9.17, 15) is 9.59 Å². The van der Waals surface area contributed by atoms with E-state index >= 15 is 0 Å². The molecule has 2 saturated carbocycles. The van der Waals surface area contributed by atoms with Crippen molar-refractivity contribution in [3.8, 4) is 5.75 Å². The van der Waals surface area contributed by atoms with Crippen LogP contribution in [0.5, 0.6) is 5.75 Å². The molecule has 2 fully saturated rings. The van der Waals surface area contributed by atoms with Crippen LogP contribution in [0.25, 0.3) is 0 Å². The van der Waals surface area contributed by atoms with Crippen molar-refractivity contribution in [2.24, 2.45) is 5.92 Å². The van der Waals surface area contributed by atoms with Gasteiger partial charge in [0.2, 0.25) is 5.91 Å². The standard InChI is InChI=1S/C26H38N2O3/c1-27-17-9-3-2-4-10-18-28(25(29)19-20-15-16-20)22-12-6-8-14-24(22)31-23-13-7-5-11-21(23)26(27)30/h5,7,11,13,20,22,24H,2-4,6,8-10,12,14-19H2,1H3/t22-,24+/m1/s1. The number of rotatable bonds is 2. The number of carbonyl (C=O) groups excluding carboxylic acids is 2. The Morgan fingerprint density at radius 1 is 0.935 bits per heavy atom. The van der Waals surface area contributed by atoms with Gasteiger partial charge in [0.15, 0.2) is 0 Å². The third-order valence-corrected chi connectivity index (χ3v) is 7.18. The first-order chi connectivity index (χ1) is 15.1. The van der Waals surface area contributed by atoms with Crippen LogP contribution in [-0.4, -0.2) is 53.9 Å². The van der Waals surface area contributed by atoms with Crippen molar-refractivity contribution in [1.29, 1.82) is 0 Å². The summed E-state index contributed by atoms with van der Waals surface area (Å²) in [5, 5.41) is 0. The van der Waals surface area contributed by atoms with E-state index in [1.165, 1.54) is 12.8 Å². The molecule has 2 aliphatic carbocycles. The molecule has 170 valence electrons. The van der Waals surface area contributed by atoms with Crippen LogP contribution >= 0.6 is 0 Å². The van der Waals surface area contributed by atoms with Gasteiger partial charge in [0.05, 0.1) is 11.6 Å². The van der Waals surface area contributed by atoms with Crippen molar-refractivity contribution in [2.45, 2.75) is 89.2 Å². The number of benzene rings is 1. The van der Waals surface area contributed by atoms with E-state index in [1.807, 2.05) is 36.2 Å². The van der Waals surface area contributed by atoms with Crippen molar-refractivity contribution in [3.63, 3.8) is 0 Å². The predicted octanol–water partition coefficient (Wildman–Crippen LogP) is 5.04. The lowest BCUT2D eigenvalue weighted by atomic mass is 9.90. The Hall–Kier alpha value is -2.04. The van der Waals surface area contributed by atoms with Crippen LogP contribution in [0.4, 0.5) is 0 Å². The van der Waals surface area contributed by atoms with E-state index in [0.717, 1.165) is 70.9 Å². The number of nitrogens with zero attached hydrogens (tertiary/aromatic N) is 2. The molecule has 3 aliphatic rings. The van der Waals surface area contributed by atoms with Crippen molar-refractivity contribution in [1.82, 2.24) is 9.80 Å². The minimum Gasteiger partial charge on any atom is -0.487 e. The van der Waals surface area contributed by atoms with Gasteiger partial charge in [0.1, 0.15) is 11.9 Å². The van der Waals surface area contributed by atoms with Crippen molar-refractivity contribution in [2.75, 3.05) is 20.1 Å². The lowest BCUT2D eigenvalue weighted by molar-refractivity contribution is -0.137. The van der Waals surface area contributed by atoms with Crippen LogP contribution in [0.3, 0.4) is 0 Å². The third-order valence-electron chi connectivity index (χ3n) is 7.18. The number of hydrogen-bond donors (Lipinski definition) is 0. The summed E-state index contributed by atoms with van der Waals surface area (Å²) in [5.74, 6) is 1.61. The van der Waals surface area contributed by atoms with Crippen LogP contribution in [-0.2, 0) is 4.79 Å². The first-order valence-electron chi connectivity index (χ1n) is 12.4. The van der Waals surface area contributed by atoms with Crippen molar-refractivity contribution < 1.29 is 14.3 Å². The third kappa shape index (κ3) is 5.81. The minimum absolute atomic E-state index is 0.0273. The van der Waals surface area contributed by atoms with E-state index in [0.29, 0.717) is 29.6 Å². The largest absolute Gasteiger partial charge is 0.487 e. The van der Waals surface area contributed by atoms with Gasteiger partial charge in [-0.1, -0.05) is 37.8 Å². The molecular formula is C26H38N2O3. The maximum atomic E-state index is 13.2. The number of fused-ring (bicyclic) bond motifs is 2. The second kappa shape index (κ2) is 10.5. The maximum Gasteiger partial charge on any atom is 0.257 e. The monoisotopic (exact) mass is 426 g/mol. The van der Waals surface area contributed by atoms with E-state index in [-0.39, 0.29) is 18.1 Å². The smallest absolute Gasteiger partial charge is 0.257 e. The minimum atomic E-state index is -0.0405. The molecule has 0 aromatic heterocycles. The lowest BCUT2D eigenvalue weighted by Crippen LogP contribution is -2.51. The normalized spacial score (nSPS) is 26.2. The topological polar surface area (TPSA) is 49.9 Å². The predicted molar refractivity (Wildman–Crippen MR) is 122 cm³/mol. The SMILES string of the molecule is CN1CCCCCCCN(C(=O)CC2CC2)[C@@H]2CCCC[C@@H]2Oc2ccccc2C1=O. The fourth-order valence-electron chi connectivity index (χ4n) is 5.11. The van der Waals surface area contributed by atoms with Crippen LogP contribution in [0, 0.1) is 5.92 Å². The van der Waals surface area contributed by atoms with Gasteiger partial charge < -0.3 is 14.5 Å². The molecule has 4 rings (SSSR count). The number of para-hydroxylation sites is 1. The van der Waals surface area contributed by atoms with Gasteiger partial charge in [-0.3, -0.25) is 9.59 Å². The molecule has 0 N–H and O–H groups in total. The van der Waals surface area contributed by atoms with Gasteiger partial charge in [0, 0.05) is 26.6 Å². The van der Waals surface area contributed by atoms with E-state index < -0.39 is 0 Å². The molecule has 31 heavy (non-hydrogen) atoms. The molecule has 2 amide bonds. The zero-order valence-corrected chi connectivity index (χ0v) is 19.1. The zero-order chi connectivity index (χ0) is 21.6. The average molecular weight is 427 g/mol. The summed E-state index contributed by atoms with van der Waals surface area (Å²) in [6.45, 7) is 1.61. The molecule has 0 spiro atoms. The van der Waals surface area contributed by atoms with Crippen molar-refractivity contribution >= 4 is 11.8 Å². The molecular weight excluding hydrogens is 388 g/mol. The highest BCUT2D eigenvalue weighted by atomic mass is 16.5. The van der Waals surface area contributed by atoms with E-state index in [1.54, 1.807) is 0 Å². The molecule has 0 saturated heterocycles. The molecule has 2 atom stereocenters. The molecule has 1 aromatic rings. The molecule has 1 aromatic carbocycles. The quantitative estimate of drug-likeness (QED) is 0.666. The first-order valence-corrected chi connectivity index (χ1v) is 12.4. The van der Waals surface area contributed by atoms with Gasteiger partial charge in [-0.15, -0.1) is 0 Å². The van der Waals surface area contributed by atoms with Gasteiger partial charge in [-0.25, -0.2) is 0 Å². The second-order valence-electron chi connectivity index (χ2n) is 9.73. The molecule has 1 aliphatic heterocycles. The Bertz CT molecular complexity index is 761. The Labute approximate surface area is 187 Å². The highest BCUT2D eigenvalue weighted by Crippen LogP contribution is 2.35. The average Bonchev–Trinajstić information content (AvgIpc) is 3.59. The Morgan fingerprint density at radius 3 is 2.45 bits per heavy atom. The number of carbonyl (C=O) groups is 2. The number of amides is 2. The maximum absolute atomic E-state index is 13.2. The second-order valence-corrected chi connectivity index (χ2v) is 9.73. The van der Waals surface area contributed by atoms with Crippen LogP contribution < -0.4 is 4.74 Å². The molecule has 0 unspecified atom stereocenters. The Balaban J connectivity index is 1.60. The lowest BCUT2D eigenvalue weighted by Gasteiger charge is -2.40. The summed E-state index contributed by atoms with van der Waals surface area (Å²) < 4.78 is 6.55. The summed E-state index contributed by atoms with van der Waals surface area (Å²) >= 11 is 0. The first kappa shape index (κ1) is 22.2. The zero-order valence-electron chi connectivity index (χ0n) is 19.1. The molecule has 0 radical (unpaired) electrons. The summed E-state index contributed by atoms with van der Waals surface area (Å²) in [6.07, 6.45) is 12.8. The fraction of sp³-hybridized carbons (Fsp3) is 0.692. The summed E-state index contributed by atoms with van der Waals surface area (Å²) in [6, 6.07) is 7.76. The molecule has 0 bridgehead atoms. The highest BCUT2D eigenvalue weighted by molar-refractivity contribution is 5.96. The van der Waals surface area contributed by atoms with Crippen molar-refractivity contribution in [3.05, 3.63) is 29.8 Å². The van der Waals surface area contributed by atoms with Gasteiger partial charge in [0.25, 0.3) is 5.91 Å². The highest BCUT2D eigenvalue weighted by Gasteiger charge is 2.36. The van der Waals surface area contributed by atoms with Crippen LogP contribution in [0.1, 0.15) is 87.4 Å². The summed E-state index contributed by atoms with van der Waals surface area (Å²) in [5.41, 5.74) is 0.639. The van der Waals surface area contributed by atoms with Gasteiger partial charge in [-0.05, 0) is 63.0 Å². The van der Waals surface area contributed by atoms with E-state index in [2.05, 4.69) is 4.90 Å². The number of hydrogen-bond acceptors (Lipinski definition) is 3. The van der Waals surface area contributed by atoms with Gasteiger partial charge in [-0.2, -0.15) is 0 Å². The van der Waals surface area contributed by atoms with Crippen LogP contribution in [0.15, 0.2) is 24.3 Å². The fourth-order valence-corrected chi connectivity index (χ4v) is 5.11. The van der Waals surface area contributed by atoms with Gasteiger partial charge >= 0.3 is 0 Å². The molecule has 1 heterocycles. The van der Waals surface area contributed by atoms with Crippen LogP contribution in [0.2, 0.25) is 0 Å². The number of ether oxygens (including phenoxy) is 1. The molecule has 5 nitrogen and oxygen atoms in total.